The Morgan fingerprint density at radius 3 is 2.20 bits per heavy atom. The van der Waals surface area contributed by atoms with Crippen molar-refractivity contribution in [1.82, 2.24) is 15.1 Å². The highest BCUT2D eigenvalue weighted by Crippen LogP contribution is 2.42. The predicted octanol–water partition coefficient (Wildman–Crippen LogP) is -1.72. The number of amides is 3. The van der Waals surface area contributed by atoms with E-state index in [1.807, 2.05) is 0 Å². The highest BCUT2D eigenvalue weighted by Gasteiger charge is 2.32. The summed E-state index contributed by atoms with van der Waals surface area (Å²) >= 11 is 0. The Hall–Kier alpha value is -2.58. The lowest BCUT2D eigenvalue weighted by Crippen LogP contribution is -2.43. The van der Waals surface area contributed by atoms with Crippen molar-refractivity contribution < 1.29 is 14.4 Å². The molecule has 1 aromatic rings. The normalized spacial score (nSPS) is 14.0. The van der Waals surface area contributed by atoms with Crippen LogP contribution in [0.1, 0.15) is 34.9 Å². The van der Waals surface area contributed by atoms with Crippen LogP contribution in [0.4, 0.5) is 5.69 Å². The molecule has 0 spiro atoms. The molecule has 108 valence electrons. The molecule has 0 atom stereocenters. The summed E-state index contributed by atoms with van der Waals surface area (Å²) in [7, 11) is 0. The van der Waals surface area contributed by atoms with E-state index in [2.05, 4.69) is 10.2 Å². The Morgan fingerprint density at radius 1 is 1.20 bits per heavy atom. The zero-order valence-electron chi connectivity index (χ0n) is 10.8. The number of nitrogen functional groups attached to an aromatic ring is 1. The van der Waals surface area contributed by atoms with Gasteiger partial charge in [-0.2, -0.15) is 5.10 Å². The van der Waals surface area contributed by atoms with E-state index in [1.54, 1.807) is 0 Å². The lowest BCUT2D eigenvalue weighted by Gasteiger charge is -2.18. The van der Waals surface area contributed by atoms with Crippen molar-refractivity contribution in [3.8, 4) is 0 Å². The number of carbonyl (C=O) groups is 3. The number of anilines is 1. The SMILES string of the molecule is NC(=O)CN(CC(N)=O)C(=O)c1n[nH]c(C2CC2)c1N. The Kier molecular flexibility index (Phi) is 3.59. The average molecular weight is 280 g/mol. The number of hydrogen-bond donors (Lipinski definition) is 4. The zero-order valence-corrected chi connectivity index (χ0v) is 10.8. The number of rotatable bonds is 6. The summed E-state index contributed by atoms with van der Waals surface area (Å²) in [6.45, 7) is -0.848. The van der Waals surface area contributed by atoms with Gasteiger partial charge in [0, 0.05) is 5.92 Å². The summed E-state index contributed by atoms with van der Waals surface area (Å²) in [5, 5.41) is 6.59. The number of aromatic nitrogens is 2. The van der Waals surface area contributed by atoms with Crippen molar-refractivity contribution in [1.29, 1.82) is 0 Å². The largest absolute Gasteiger partial charge is 0.395 e. The number of H-pyrrole nitrogens is 1. The van der Waals surface area contributed by atoms with Crippen LogP contribution in [0.15, 0.2) is 0 Å². The third kappa shape index (κ3) is 2.87. The minimum Gasteiger partial charge on any atom is -0.395 e. The predicted molar refractivity (Wildman–Crippen MR) is 69.3 cm³/mol. The van der Waals surface area contributed by atoms with E-state index < -0.39 is 30.8 Å². The number of nitrogens with two attached hydrogens (primary N) is 3. The first-order valence-electron chi connectivity index (χ1n) is 6.09. The first kappa shape index (κ1) is 13.8. The highest BCUT2D eigenvalue weighted by molar-refractivity contribution is 6.01. The molecule has 0 aliphatic heterocycles. The summed E-state index contributed by atoms with van der Waals surface area (Å²) < 4.78 is 0. The van der Waals surface area contributed by atoms with Crippen LogP contribution in [-0.4, -0.2) is 45.9 Å². The lowest BCUT2D eigenvalue weighted by molar-refractivity contribution is -0.121. The maximum absolute atomic E-state index is 12.2. The minimum absolute atomic E-state index is 0.0191. The summed E-state index contributed by atoms with van der Waals surface area (Å²) in [5.41, 5.74) is 16.9. The molecule has 0 saturated heterocycles. The van der Waals surface area contributed by atoms with E-state index in [0.29, 0.717) is 11.6 Å². The first-order chi connectivity index (χ1) is 9.40. The van der Waals surface area contributed by atoms with Crippen LogP contribution in [-0.2, 0) is 9.59 Å². The molecule has 0 radical (unpaired) electrons. The molecule has 9 nitrogen and oxygen atoms in total. The van der Waals surface area contributed by atoms with Gasteiger partial charge in [-0.05, 0) is 12.8 Å². The molecular weight excluding hydrogens is 264 g/mol. The third-order valence-electron chi connectivity index (χ3n) is 3.00. The fourth-order valence-electron chi connectivity index (χ4n) is 1.94. The molecule has 1 heterocycles. The maximum atomic E-state index is 12.2. The number of nitrogens with zero attached hydrogens (tertiary/aromatic N) is 2. The van der Waals surface area contributed by atoms with Crippen LogP contribution in [0, 0.1) is 0 Å². The monoisotopic (exact) mass is 280 g/mol. The Bertz CT molecular complexity index is 547. The minimum atomic E-state index is -0.754. The summed E-state index contributed by atoms with van der Waals surface area (Å²) in [4.78, 5) is 35.1. The first-order valence-corrected chi connectivity index (χ1v) is 6.09. The van der Waals surface area contributed by atoms with Crippen molar-refractivity contribution in [2.45, 2.75) is 18.8 Å². The van der Waals surface area contributed by atoms with Gasteiger partial charge in [0.1, 0.15) is 13.1 Å². The second-order valence-corrected chi connectivity index (χ2v) is 4.77. The zero-order chi connectivity index (χ0) is 14.9. The standard InChI is InChI=1S/C11H16N6O3/c12-6(18)3-17(4-7(13)19)11(20)10-8(14)9(15-16-10)5-1-2-5/h5H,1-4,14H2,(H2,12,18)(H2,13,19)(H,15,16). The van der Waals surface area contributed by atoms with Gasteiger partial charge in [0.05, 0.1) is 11.4 Å². The summed E-state index contributed by atoms with van der Waals surface area (Å²) in [5.74, 6) is -1.86. The van der Waals surface area contributed by atoms with Gasteiger partial charge >= 0.3 is 0 Å². The van der Waals surface area contributed by atoms with E-state index in [9.17, 15) is 14.4 Å². The molecular formula is C11H16N6O3. The highest BCUT2D eigenvalue weighted by atomic mass is 16.2. The Balaban J connectivity index is 2.21. The van der Waals surface area contributed by atoms with E-state index in [0.717, 1.165) is 17.7 Å². The molecule has 1 saturated carbocycles. The topological polar surface area (TPSA) is 161 Å². The molecule has 3 amide bonds. The molecule has 1 fully saturated rings. The molecule has 1 aliphatic rings. The van der Waals surface area contributed by atoms with Crippen molar-refractivity contribution in [3.63, 3.8) is 0 Å². The van der Waals surface area contributed by atoms with Crippen molar-refractivity contribution in [3.05, 3.63) is 11.4 Å². The number of primary amides is 2. The second kappa shape index (κ2) is 5.19. The lowest BCUT2D eigenvalue weighted by atomic mass is 10.2. The van der Waals surface area contributed by atoms with Crippen LogP contribution in [0.25, 0.3) is 0 Å². The van der Waals surface area contributed by atoms with Gasteiger partial charge < -0.3 is 22.1 Å². The third-order valence-corrected chi connectivity index (χ3v) is 3.00. The molecule has 9 heteroatoms. The van der Waals surface area contributed by atoms with Crippen LogP contribution < -0.4 is 17.2 Å². The van der Waals surface area contributed by atoms with Gasteiger partial charge in [-0.25, -0.2) is 0 Å². The number of nitrogens with one attached hydrogen (secondary N) is 1. The fraction of sp³-hybridized carbons (Fsp3) is 0.455. The van der Waals surface area contributed by atoms with E-state index in [4.69, 9.17) is 17.2 Å². The average Bonchev–Trinajstić information content (AvgIpc) is 3.10. The van der Waals surface area contributed by atoms with E-state index in [-0.39, 0.29) is 11.4 Å². The van der Waals surface area contributed by atoms with Gasteiger partial charge in [0.25, 0.3) is 5.91 Å². The van der Waals surface area contributed by atoms with Gasteiger partial charge in [-0.15, -0.1) is 0 Å². The van der Waals surface area contributed by atoms with Crippen LogP contribution >= 0.6 is 0 Å². The molecule has 0 unspecified atom stereocenters. The van der Waals surface area contributed by atoms with Crippen LogP contribution in [0.5, 0.6) is 0 Å². The van der Waals surface area contributed by atoms with Gasteiger partial charge in [-0.3, -0.25) is 19.5 Å². The van der Waals surface area contributed by atoms with Crippen molar-refractivity contribution in [2.24, 2.45) is 11.5 Å². The van der Waals surface area contributed by atoms with Crippen molar-refractivity contribution >= 4 is 23.4 Å². The molecule has 0 bridgehead atoms. The molecule has 2 rings (SSSR count). The van der Waals surface area contributed by atoms with Crippen LogP contribution in [0.3, 0.4) is 0 Å². The maximum Gasteiger partial charge on any atom is 0.277 e. The number of hydrogen-bond acceptors (Lipinski definition) is 5. The van der Waals surface area contributed by atoms with E-state index >= 15 is 0 Å². The molecule has 1 aromatic heterocycles. The van der Waals surface area contributed by atoms with Gasteiger partial charge in [-0.1, -0.05) is 0 Å². The molecule has 7 N–H and O–H groups in total. The number of aromatic amines is 1. The molecule has 0 aromatic carbocycles. The fourth-order valence-corrected chi connectivity index (χ4v) is 1.94. The smallest absolute Gasteiger partial charge is 0.277 e. The van der Waals surface area contributed by atoms with Crippen molar-refractivity contribution in [2.75, 3.05) is 18.8 Å². The second-order valence-electron chi connectivity index (χ2n) is 4.77. The molecule has 1 aliphatic carbocycles. The summed E-state index contributed by atoms with van der Waals surface area (Å²) in [6, 6.07) is 0. The Labute approximate surface area is 114 Å². The Morgan fingerprint density at radius 2 is 1.75 bits per heavy atom. The van der Waals surface area contributed by atoms with Gasteiger partial charge in [0.15, 0.2) is 5.69 Å². The van der Waals surface area contributed by atoms with Gasteiger partial charge in [0.2, 0.25) is 11.8 Å². The summed E-state index contributed by atoms with van der Waals surface area (Å²) in [6.07, 6.45) is 1.98. The molecule has 20 heavy (non-hydrogen) atoms. The van der Waals surface area contributed by atoms with E-state index in [1.165, 1.54) is 0 Å². The van der Waals surface area contributed by atoms with Crippen LogP contribution in [0.2, 0.25) is 0 Å². The number of carbonyl (C=O) groups excluding carboxylic acids is 3. The quantitative estimate of drug-likeness (QED) is 0.486.